The second-order valence-corrected chi connectivity index (χ2v) is 2.47. The topological polar surface area (TPSA) is 69.2 Å². The van der Waals surface area contributed by atoms with Crippen LogP contribution < -0.4 is 5.73 Å². The van der Waals surface area contributed by atoms with Gasteiger partial charge in [0.2, 0.25) is 6.54 Å². The summed E-state index contributed by atoms with van der Waals surface area (Å²) in [5.74, 6) is 0. The number of hydrogen-bond donors (Lipinski definition) is 1. The molecule has 0 aliphatic heterocycles. The lowest BCUT2D eigenvalue weighted by Gasteiger charge is -1.73. The molecule has 0 fully saturated rings. The van der Waals surface area contributed by atoms with Crippen molar-refractivity contribution in [1.82, 2.24) is 0 Å². The van der Waals surface area contributed by atoms with Gasteiger partial charge >= 0.3 is 0 Å². The highest BCUT2D eigenvalue weighted by Crippen LogP contribution is 1.57. The predicted octanol–water partition coefficient (Wildman–Crippen LogP) is 3.08. The molecule has 0 aliphatic carbocycles. The first kappa shape index (κ1) is 23.3. The Balaban J connectivity index is -0.0000000495. The van der Waals surface area contributed by atoms with E-state index in [0.29, 0.717) is 0 Å². The van der Waals surface area contributed by atoms with Crippen LogP contribution in [0.5, 0.6) is 0 Å². The first-order chi connectivity index (χ1) is 6.51. The van der Waals surface area contributed by atoms with E-state index >= 15 is 0 Å². The minimum atomic E-state index is -0.375. The Labute approximate surface area is 89.0 Å². The van der Waals surface area contributed by atoms with Crippen LogP contribution in [0.4, 0.5) is 0 Å². The van der Waals surface area contributed by atoms with Crippen LogP contribution in [0.1, 0.15) is 54.4 Å². The van der Waals surface area contributed by atoms with Crippen molar-refractivity contribution in [2.75, 3.05) is 13.1 Å². The fraction of sp³-hybridized carbons (Fsp3) is 1.00. The van der Waals surface area contributed by atoms with Crippen molar-refractivity contribution in [2.45, 2.75) is 54.4 Å². The fourth-order valence-electron chi connectivity index (χ4n) is 0. The summed E-state index contributed by atoms with van der Waals surface area (Å²) in [7, 11) is 0. The average molecular weight is 208 g/mol. The summed E-state index contributed by atoms with van der Waals surface area (Å²) in [5, 5.41) is 9.17. The van der Waals surface area contributed by atoms with Gasteiger partial charge in [-0.25, -0.2) is 0 Å². The molecule has 4 heteroatoms. The summed E-state index contributed by atoms with van der Waals surface area (Å²) >= 11 is 0. The molecule has 2 N–H and O–H groups in total. The van der Waals surface area contributed by atoms with E-state index in [9.17, 15) is 10.1 Å². The van der Waals surface area contributed by atoms with Crippen molar-refractivity contribution in [3.05, 3.63) is 10.1 Å². The van der Waals surface area contributed by atoms with Crippen molar-refractivity contribution in [3.63, 3.8) is 0 Å². The Hall–Kier alpha value is -0.640. The molecule has 0 bridgehead atoms. The van der Waals surface area contributed by atoms with E-state index in [1.165, 1.54) is 19.8 Å². The van der Waals surface area contributed by atoms with Gasteiger partial charge < -0.3 is 5.73 Å². The van der Waals surface area contributed by atoms with Gasteiger partial charge in [0.05, 0.1) is 0 Å². The lowest BCUT2D eigenvalue weighted by atomic mass is 10.6. The zero-order valence-electron chi connectivity index (χ0n) is 10.7. The smallest absolute Gasteiger partial charge is 0.201 e. The maximum atomic E-state index is 9.17. The maximum Gasteiger partial charge on any atom is 0.201 e. The van der Waals surface area contributed by atoms with E-state index in [4.69, 9.17) is 5.73 Å². The van der Waals surface area contributed by atoms with Crippen molar-refractivity contribution >= 4 is 0 Å². The third-order valence-electron chi connectivity index (χ3n) is 0.258. The third-order valence-corrected chi connectivity index (χ3v) is 0.258. The first-order valence-corrected chi connectivity index (χ1v) is 5.33. The molecule has 14 heavy (non-hydrogen) atoms. The van der Waals surface area contributed by atoms with Crippen LogP contribution >= 0.6 is 0 Å². The summed E-state index contributed by atoms with van der Waals surface area (Å²) in [6.45, 7) is 12.7. The van der Waals surface area contributed by atoms with Gasteiger partial charge in [0.25, 0.3) is 0 Å². The van der Waals surface area contributed by atoms with E-state index in [-0.39, 0.29) is 11.5 Å². The second-order valence-electron chi connectivity index (χ2n) is 2.47. The molecule has 90 valence electrons. The van der Waals surface area contributed by atoms with E-state index in [1.54, 1.807) is 0 Å². The van der Waals surface area contributed by atoms with Crippen LogP contribution in [0.15, 0.2) is 0 Å². The number of hydrogen-bond acceptors (Lipinski definition) is 3. The normalized spacial score (nSPS) is 6.50. The van der Waals surface area contributed by atoms with Crippen LogP contribution in [0.25, 0.3) is 0 Å². The molecule has 0 saturated carbocycles. The molecule has 0 aromatic rings. The minimum absolute atomic E-state index is 0.0278. The van der Waals surface area contributed by atoms with Gasteiger partial charge in [0, 0.05) is 11.8 Å². The molecule has 0 saturated heterocycles. The standard InChI is InChI=1S/2C3H8.C2H5NO2.C2H7N/c2*1-3-2;1-2-3(4)5;1-2-3/h2*3H2,1-2H3;2H2,1H3;2-3H2,1H3. The zero-order chi connectivity index (χ0) is 12.4. The fourth-order valence-corrected chi connectivity index (χ4v) is 0. The van der Waals surface area contributed by atoms with Gasteiger partial charge in [-0.15, -0.1) is 0 Å². The Morgan fingerprint density at radius 1 is 1.00 bits per heavy atom. The van der Waals surface area contributed by atoms with Crippen molar-refractivity contribution in [3.8, 4) is 0 Å². The molecule has 0 spiro atoms. The molecule has 0 amide bonds. The van der Waals surface area contributed by atoms with Gasteiger partial charge in [-0.2, -0.15) is 0 Å². The number of nitrogens with zero attached hydrogens (tertiary/aromatic N) is 1. The molecule has 0 aromatic carbocycles. The lowest BCUT2D eigenvalue weighted by molar-refractivity contribution is -0.475. The van der Waals surface area contributed by atoms with Crippen LogP contribution in [0, 0.1) is 10.1 Å². The molecule has 0 heterocycles. The lowest BCUT2D eigenvalue weighted by Crippen LogP contribution is -1.92. The number of nitro groups is 1. The summed E-state index contributed by atoms with van der Waals surface area (Å²) in [6.07, 6.45) is 2.50. The Morgan fingerprint density at radius 2 is 1.07 bits per heavy atom. The highest BCUT2D eigenvalue weighted by molar-refractivity contribution is 4.05. The van der Waals surface area contributed by atoms with Gasteiger partial charge in [-0.1, -0.05) is 47.5 Å². The quantitative estimate of drug-likeness (QED) is 0.532. The summed E-state index contributed by atoms with van der Waals surface area (Å²) in [5.41, 5.74) is 4.85. The summed E-state index contributed by atoms with van der Waals surface area (Å²) in [6, 6.07) is 0. The van der Waals surface area contributed by atoms with Gasteiger partial charge in [-0.05, 0) is 6.54 Å². The van der Waals surface area contributed by atoms with E-state index in [2.05, 4.69) is 27.7 Å². The summed E-state index contributed by atoms with van der Waals surface area (Å²) < 4.78 is 0. The molecule has 0 unspecified atom stereocenters. The number of nitrogens with two attached hydrogens (primary N) is 1. The molecule has 0 aromatic heterocycles. The Kier molecular flexibility index (Phi) is 65.6. The maximum absolute atomic E-state index is 9.17. The monoisotopic (exact) mass is 208 g/mol. The summed E-state index contributed by atoms with van der Waals surface area (Å²) in [4.78, 5) is 8.80. The second kappa shape index (κ2) is 39.4. The van der Waals surface area contributed by atoms with Crippen LogP contribution in [-0.2, 0) is 0 Å². The molecule has 0 radical (unpaired) electrons. The Morgan fingerprint density at radius 3 is 1.07 bits per heavy atom. The molecule has 0 aliphatic rings. The minimum Gasteiger partial charge on any atom is -0.331 e. The first-order valence-electron chi connectivity index (χ1n) is 5.33. The third kappa shape index (κ3) is 659. The molecule has 0 atom stereocenters. The van der Waals surface area contributed by atoms with Crippen LogP contribution in [-0.4, -0.2) is 18.0 Å². The van der Waals surface area contributed by atoms with E-state index in [1.807, 2.05) is 6.92 Å². The van der Waals surface area contributed by atoms with Crippen LogP contribution in [0.3, 0.4) is 0 Å². The molecular formula is C10H28N2O2. The number of rotatable bonds is 1. The van der Waals surface area contributed by atoms with Crippen molar-refractivity contribution in [2.24, 2.45) is 5.73 Å². The van der Waals surface area contributed by atoms with E-state index < -0.39 is 0 Å². The Bertz CT molecular complexity index is 73.8. The van der Waals surface area contributed by atoms with Gasteiger partial charge in [0.15, 0.2) is 0 Å². The van der Waals surface area contributed by atoms with Gasteiger partial charge in [-0.3, -0.25) is 10.1 Å². The SMILES string of the molecule is CCC.CCC.CCN.CC[N+](=O)[O-]. The predicted molar refractivity (Wildman–Crippen MR) is 64.2 cm³/mol. The highest BCUT2D eigenvalue weighted by atomic mass is 16.6. The van der Waals surface area contributed by atoms with Gasteiger partial charge in [0.1, 0.15) is 0 Å². The molecule has 0 rings (SSSR count). The highest BCUT2D eigenvalue weighted by Gasteiger charge is 1.76. The van der Waals surface area contributed by atoms with E-state index in [0.717, 1.165) is 6.54 Å². The molecular weight excluding hydrogens is 180 g/mol. The zero-order valence-corrected chi connectivity index (χ0v) is 10.7. The van der Waals surface area contributed by atoms with Crippen molar-refractivity contribution in [1.29, 1.82) is 0 Å². The van der Waals surface area contributed by atoms with Crippen LogP contribution in [0.2, 0.25) is 0 Å². The van der Waals surface area contributed by atoms with Crippen molar-refractivity contribution < 1.29 is 4.92 Å². The largest absolute Gasteiger partial charge is 0.331 e. The molecule has 4 nitrogen and oxygen atoms in total. The average Bonchev–Trinajstić information content (AvgIpc) is 2.08.